The lowest BCUT2D eigenvalue weighted by Crippen LogP contribution is -2.29. The van der Waals surface area contributed by atoms with E-state index in [1.165, 1.54) is 12.1 Å². The van der Waals surface area contributed by atoms with E-state index in [-0.39, 0.29) is 24.1 Å². The van der Waals surface area contributed by atoms with Crippen molar-refractivity contribution in [3.63, 3.8) is 0 Å². The summed E-state index contributed by atoms with van der Waals surface area (Å²) in [5.41, 5.74) is -0.270. The average molecular weight is 641 g/mol. The summed E-state index contributed by atoms with van der Waals surface area (Å²) in [5, 5.41) is 12.0. The van der Waals surface area contributed by atoms with Crippen molar-refractivity contribution in [1.29, 1.82) is 0 Å². The average Bonchev–Trinajstić information content (AvgIpc) is 3.83. The maximum Gasteiger partial charge on any atom is 0.416 e. The third-order valence-corrected chi connectivity index (χ3v) is 7.48. The summed E-state index contributed by atoms with van der Waals surface area (Å²) < 4.78 is 69.8. The van der Waals surface area contributed by atoms with E-state index in [2.05, 4.69) is 31.2 Å². The number of aryl methyl sites for hydroxylation is 1. The van der Waals surface area contributed by atoms with E-state index in [4.69, 9.17) is 4.79 Å². The number of benzene rings is 3. The molecule has 0 spiro atoms. The number of anilines is 4. The zero-order chi connectivity index (χ0) is 33.5. The summed E-state index contributed by atoms with van der Waals surface area (Å²) in [6.07, 6.45) is -2.06. The molecule has 3 aromatic carbocycles. The highest BCUT2D eigenvalue weighted by atomic mass is 19.4. The fourth-order valence-electron chi connectivity index (χ4n) is 4.95. The molecule has 0 unspecified atom stereocenters. The van der Waals surface area contributed by atoms with Gasteiger partial charge < -0.3 is 26.1 Å². The van der Waals surface area contributed by atoms with Crippen LogP contribution in [0.15, 0.2) is 66.9 Å². The van der Waals surface area contributed by atoms with Crippen LogP contribution >= 0.6 is 0 Å². The molecule has 0 atom stereocenters. The van der Waals surface area contributed by atoms with Gasteiger partial charge in [0.2, 0.25) is 11.9 Å². The molecule has 1 aliphatic rings. The van der Waals surface area contributed by atoms with Crippen LogP contribution in [0.1, 0.15) is 36.0 Å². The second-order valence-electron chi connectivity index (χ2n) is 10.8. The number of nitrogens with zero attached hydrogens (tertiary/aromatic N) is 2. The molecule has 1 saturated carbocycles. The monoisotopic (exact) mass is 640 g/mol. The number of aromatic nitrogens is 2. The molecule has 46 heavy (non-hydrogen) atoms. The Hall–Kier alpha value is -4.91. The van der Waals surface area contributed by atoms with Crippen molar-refractivity contribution in [2.75, 3.05) is 36.1 Å². The fourth-order valence-corrected chi connectivity index (χ4v) is 4.95. The van der Waals surface area contributed by atoms with Crippen LogP contribution in [0.3, 0.4) is 0 Å². The standard InChI is InChI=1S/C32H31F5N6O.CH2O/c1-19-5-3-6-22(15-19)41-30-40-18-23(28(43-30)39-14-4-13-38-2)20-7-10-27(26(34)16-20)42-29(44)31(11-12-31)24-17-21(32(35,36)37)8-9-25(24)33;1-2/h3,5-10,15-18,38H,4,11-14H2,1-2H3,(H,42,44)(H2,39,40,41,43);1H2. The molecule has 0 saturated heterocycles. The molecular formula is C33H33F5N6O2. The van der Waals surface area contributed by atoms with Crippen molar-refractivity contribution < 1.29 is 31.5 Å². The summed E-state index contributed by atoms with van der Waals surface area (Å²) in [5.74, 6) is -1.66. The van der Waals surface area contributed by atoms with Crippen LogP contribution in [0.2, 0.25) is 0 Å². The van der Waals surface area contributed by atoms with Gasteiger partial charge in [0.25, 0.3) is 0 Å². The zero-order valence-corrected chi connectivity index (χ0v) is 25.2. The first kappa shape index (κ1) is 34.0. The Kier molecular flexibility index (Phi) is 10.7. The highest BCUT2D eigenvalue weighted by molar-refractivity contribution is 6.01. The van der Waals surface area contributed by atoms with E-state index in [1.54, 1.807) is 12.3 Å². The Bertz CT molecular complexity index is 1690. The van der Waals surface area contributed by atoms with Crippen LogP contribution in [-0.2, 0) is 21.2 Å². The number of alkyl halides is 3. The largest absolute Gasteiger partial charge is 0.416 e. The Morgan fingerprint density at radius 3 is 2.39 bits per heavy atom. The number of carbonyl (C=O) groups excluding carboxylic acids is 2. The molecule has 5 rings (SSSR count). The van der Waals surface area contributed by atoms with Gasteiger partial charge in [-0.15, -0.1) is 0 Å². The Morgan fingerprint density at radius 2 is 1.74 bits per heavy atom. The maximum absolute atomic E-state index is 15.4. The van der Waals surface area contributed by atoms with Crippen molar-refractivity contribution in [1.82, 2.24) is 15.3 Å². The van der Waals surface area contributed by atoms with Crippen LogP contribution in [0.5, 0.6) is 0 Å². The topological polar surface area (TPSA) is 108 Å². The highest BCUT2D eigenvalue weighted by Gasteiger charge is 2.53. The van der Waals surface area contributed by atoms with Crippen molar-refractivity contribution in [3.05, 3.63) is 95.2 Å². The number of hydrogen-bond donors (Lipinski definition) is 4. The fraction of sp³-hybridized carbons (Fsp3) is 0.273. The van der Waals surface area contributed by atoms with Gasteiger partial charge >= 0.3 is 6.18 Å². The molecule has 0 radical (unpaired) electrons. The van der Waals surface area contributed by atoms with Gasteiger partial charge in [-0.3, -0.25) is 4.79 Å². The number of hydrogen-bond acceptors (Lipinski definition) is 7. The van der Waals surface area contributed by atoms with Gasteiger partial charge in [0.05, 0.1) is 16.7 Å². The van der Waals surface area contributed by atoms with E-state index in [0.29, 0.717) is 47.6 Å². The van der Waals surface area contributed by atoms with Gasteiger partial charge in [0.1, 0.15) is 24.2 Å². The first-order valence-electron chi connectivity index (χ1n) is 14.4. The van der Waals surface area contributed by atoms with Gasteiger partial charge in [0, 0.05) is 29.6 Å². The molecule has 4 aromatic rings. The van der Waals surface area contributed by atoms with E-state index in [0.717, 1.165) is 24.2 Å². The van der Waals surface area contributed by atoms with E-state index >= 15 is 4.39 Å². The second-order valence-corrected chi connectivity index (χ2v) is 10.8. The second kappa shape index (κ2) is 14.5. The van der Waals surface area contributed by atoms with E-state index in [1.807, 2.05) is 45.0 Å². The lowest BCUT2D eigenvalue weighted by Gasteiger charge is -2.19. The number of rotatable bonds is 11. The molecule has 4 N–H and O–H groups in total. The minimum absolute atomic E-state index is 0.139. The lowest BCUT2D eigenvalue weighted by molar-refractivity contribution is -0.137. The molecule has 1 heterocycles. The maximum atomic E-state index is 15.4. The van der Waals surface area contributed by atoms with Gasteiger partial charge in [0.15, 0.2) is 0 Å². The van der Waals surface area contributed by atoms with E-state index < -0.39 is 34.7 Å². The number of carbonyl (C=O) groups is 2. The third kappa shape index (κ3) is 7.83. The Balaban J connectivity index is 0.00000235. The SMILES string of the molecule is C=O.CNCCCNc1nc(Nc2cccc(C)c2)ncc1-c1ccc(NC(=O)C2(c3cc(C(F)(F)F)ccc3F)CC2)c(F)c1. The first-order valence-corrected chi connectivity index (χ1v) is 14.4. The third-order valence-electron chi connectivity index (χ3n) is 7.48. The van der Waals surface area contributed by atoms with Crippen molar-refractivity contribution in [2.24, 2.45) is 0 Å². The predicted octanol–water partition coefficient (Wildman–Crippen LogP) is 7.00. The molecular weight excluding hydrogens is 607 g/mol. The molecule has 0 bridgehead atoms. The number of halogens is 5. The summed E-state index contributed by atoms with van der Waals surface area (Å²) in [6.45, 7) is 5.33. The quantitative estimate of drug-likeness (QED) is 0.103. The van der Waals surface area contributed by atoms with Gasteiger partial charge in [-0.1, -0.05) is 18.2 Å². The van der Waals surface area contributed by atoms with Crippen LogP contribution in [0, 0.1) is 18.6 Å². The van der Waals surface area contributed by atoms with Crippen molar-refractivity contribution in [3.8, 4) is 11.1 Å². The van der Waals surface area contributed by atoms with Crippen LogP contribution in [-0.4, -0.2) is 42.8 Å². The molecule has 1 fully saturated rings. The van der Waals surface area contributed by atoms with Crippen LogP contribution in [0.4, 0.5) is 45.1 Å². The molecule has 0 aliphatic heterocycles. The summed E-state index contributed by atoms with van der Waals surface area (Å²) in [6, 6.07) is 13.9. The first-order chi connectivity index (χ1) is 22.0. The molecule has 13 heteroatoms. The Morgan fingerprint density at radius 1 is 0.978 bits per heavy atom. The molecule has 1 amide bonds. The number of amides is 1. The molecule has 8 nitrogen and oxygen atoms in total. The van der Waals surface area contributed by atoms with Crippen LogP contribution in [0.25, 0.3) is 11.1 Å². The molecule has 242 valence electrons. The molecule has 1 aliphatic carbocycles. The van der Waals surface area contributed by atoms with E-state index in [9.17, 15) is 22.4 Å². The molecule has 1 aromatic heterocycles. The van der Waals surface area contributed by atoms with Gasteiger partial charge in [-0.25, -0.2) is 13.8 Å². The smallest absolute Gasteiger partial charge is 0.369 e. The summed E-state index contributed by atoms with van der Waals surface area (Å²) in [4.78, 5) is 30.2. The van der Waals surface area contributed by atoms with Gasteiger partial charge in [-0.05, 0) is 93.4 Å². The Labute approximate surface area is 262 Å². The van der Waals surface area contributed by atoms with Crippen molar-refractivity contribution >= 4 is 35.8 Å². The predicted molar refractivity (Wildman–Crippen MR) is 167 cm³/mol. The summed E-state index contributed by atoms with van der Waals surface area (Å²) >= 11 is 0. The normalized spacial score (nSPS) is 13.3. The van der Waals surface area contributed by atoms with Crippen molar-refractivity contribution in [2.45, 2.75) is 37.8 Å². The lowest BCUT2D eigenvalue weighted by atomic mass is 9.92. The highest BCUT2D eigenvalue weighted by Crippen LogP contribution is 2.51. The van der Waals surface area contributed by atoms with Gasteiger partial charge in [-0.2, -0.15) is 18.2 Å². The van der Waals surface area contributed by atoms with Crippen LogP contribution < -0.4 is 21.3 Å². The minimum Gasteiger partial charge on any atom is -0.369 e. The number of nitrogens with one attached hydrogen (secondary N) is 4. The minimum atomic E-state index is -4.70. The summed E-state index contributed by atoms with van der Waals surface area (Å²) in [7, 11) is 1.85. The zero-order valence-electron chi connectivity index (χ0n) is 25.2.